The summed E-state index contributed by atoms with van der Waals surface area (Å²) in [6, 6.07) is 0.718. The fraction of sp³-hybridized carbons (Fsp3) is 1.00. The first-order valence-electron chi connectivity index (χ1n) is 6.73. The Morgan fingerprint density at radius 3 is 2.47 bits per heavy atom. The van der Waals surface area contributed by atoms with Gasteiger partial charge in [-0.1, -0.05) is 12.8 Å². The summed E-state index contributed by atoms with van der Waals surface area (Å²) in [5.74, 6) is 0.979. The van der Waals surface area contributed by atoms with Gasteiger partial charge in [-0.3, -0.25) is 0 Å². The van der Waals surface area contributed by atoms with Gasteiger partial charge in [0, 0.05) is 16.7 Å². The van der Waals surface area contributed by atoms with Crippen molar-refractivity contribution in [3.05, 3.63) is 0 Å². The lowest BCUT2D eigenvalue weighted by Gasteiger charge is -2.29. The second kappa shape index (κ2) is 5.89. The van der Waals surface area contributed by atoms with Gasteiger partial charge in [0.15, 0.2) is 0 Å². The number of nitrogens with zero attached hydrogens (tertiary/aromatic N) is 1. The van der Waals surface area contributed by atoms with Crippen LogP contribution >= 0.6 is 10.7 Å². The summed E-state index contributed by atoms with van der Waals surface area (Å²) >= 11 is 0. The van der Waals surface area contributed by atoms with E-state index in [2.05, 4.69) is 4.90 Å². The predicted molar refractivity (Wildman–Crippen MR) is 70.8 cm³/mol. The van der Waals surface area contributed by atoms with Crippen molar-refractivity contribution < 1.29 is 8.42 Å². The van der Waals surface area contributed by atoms with Gasteiger partial charge in [-0.2, -0.15) is 0 Å². The second-order valence-corrected chi connectivity index (χ2v) is 8.28. The minimum Gasteiger partial charge on any atom is -0.300 e. The summed E-state index contributed by atoms with van der Waals surface area (Å²) in [6.45, 7) is 2.04. The first-order valence-corrected chi connectivity index (χ1v) is 9.20. The maximum atomic E-state index is 10.9. The molecule has 2 aliphatic rings. The summed E-state index contributed by atoms with van der Waals surface area (Å²) in [4.78, 5) is 2.50. The molecule has 0 N–H and O–H groups in total. The second-order valence-electron chi connectivity index (χ2n) is 5.39. The molecule has 1 atom stereocenters. The van der Waals surface area contributed by atoms with Crippen LogP contribution in [0.1, 0.15) is 44.9 Å². The summed E-state index contributed by atoms with van der Waals surface area (Å²) < 4.78 is 21.8. The molecular weight excluding hydrogens is 258 g/mol. The van der Waals surface area contributed by atoms with Gasteiger partial charge < -0.3 is 4.90 Å². The SMILES string of the molecule is O=S(=O)(Cl)CCCN1CCCC1C1CCCC1. The third-order valence-electron chi connectivity index (χ3n) is 4.19. The van der Waals surface area contributed by atoms with Gasteiger partial charge in [-0.05, 0) is 51.1 Å². The molecule has 0 aromatic carbocycles. The summed E-state index contributed by atoms with van der Waals surface area (Å²) in [5.41, 5.74) is 0. The molecule has 1 aliphatic heterocycles. The Bertz CT molecular complexity index is 338. The fourth-order valence-electron chi connectivity index (χ4n) is 3.45. The topological polar surface area (TPSA) is 37.4 Å². The molecule has 5 heteroatoms. The molecule has 0 aromatic heterocycles. The molecule has 17 heavy (non-hydrogen) atoms. The van der Waals surface area contributed by atoms with E-state index >= 15 is 0 Å². The van der Waals surface area contributed by atoms with Gasteiger partial charge in [-0.15, -0.1) is 0 Å². The highest BCUT2D eigenvalue weighted by Crippen LogP contribution is 2.35. The van der Waals surface area contributed by atoms with Crippen molar-refractivity contribution in [3.63, 3.8) is 0 Å². The average Bonchev–Trinajstić information content (AvgIpc) is 2.82. The normalized spacial score (nSPS) is 27.9. The van der Waals surface area contributed by atoms with Crippen LogP contribution in [0.15, 0.2) is 0 Å². The Morgan fingerprint density at radius 2 is 1.82 bits per heavy atom. The summed E-state index contributed by atoms with van der Waals surface area (Å²) in [6.07, 6.45) is 8.75. The Labute approximate surface area is 109 Å². The Kier molecular flexibility index (Phi) is 4.72. The van der Waals surface area contributed by atoms with Crippen LogP contribution in [0, 0.1) is 5.92 Å². The minimum absolute atomic E-state index is 0.114. The molecule has 3 nitrogen and oxygen atoms in total. The van der Waals surface area contributed by atoms with Crippen molar-refractivity contribution in [1.82, 2.24) is 4.90 Å². The highest BCUT2D eigenvalue weighted by molar-refractivity contribution is 8.13. The van der Waals surface area contributed by atoms with Crippen LogP contribution in [0.25, 0.3) is 0 Å². The molecule has 0 bridgehead atoms. The van der Waals surface area contributed by atoms with E-state index in [0.29, 0.717) is 6.42 Å². The van der Waals surface area contributed by atoms with Crippen molar-refractivity contribution in [1.29, 1.82) is 0 Å². The summed E-state index contributed by atoms with van der Waals surface area (Å²) in [7, 11) is 1.93. The zero-order valence-electron chi connectivity index (χ0n) is 10.3. The predicted octanol–water partition coefficient (Wildman–Crippen LogP) is 2.60. The molecule has 0 radical (unpaired) electrons. The average molecular weight is 280 g/mol. The highest BCUT2D eigenvalue weighted by Gasteiger charge is 2.32. The molecule has 1 saturated carbocycles. The molecule has 2 fully saturated rings. The van der Waals surface area contributed by atoms with E-state index in [-0.39, 0.29) is 5.75 Å². The first-order chi connectivity index (χ1) is 8.06. The third kappa shape index (κ3) is 4.11. The van der Waals surface area contributed by atoms with Crippen LogP contribution in [-0.2, 0) is 9.05 Å². The van der Waals surface area contributed by atoms with Crippen LogP contribution in [0.4, 0.5) is 0 Å². The zero-order chi connectivity index (χ0) is 12.3. The number of hydrogen-bond acceptors (Lipinski definition) is 3. The van der Waals surface area contributed by atoms with Crippen LogP contribution in [0.2, 0.25) is 0 Å². The fourth-order valence-corrected chi connectivity index (χ4v) is 4.25. The van der Waals surface area contributed by atoms with Crippen LogP contribution in [-0.4, -0.2) is 38.2 Å². The van der Waals surface area contributed by atoms with Gasteiger partial charge in [0.05, 0.1) is 5.75 Å². The number of rotatable bonds is 5. The first kappa shape index (κ1) is 13.6. The number of likely N-dealkylation sites (tertiary alicyclic amines) is 1. The van der Waals surface area contributed by atoms with Gasteiger partial charge >= 0.3 is 0 Å². The third-order valence-corrected chi connectivity index (χ3v) is 5.43. The summed E-state index contributed by atoms with van der Waals surface area (Å²) in [5, 5.41) is 0. The van der Waals surface area contributed by atoms with Crippen molar-refractivity contribution >= 4 is 19.7 Å². The maximum Gasteiger partial charge on any atom is 0.232 e. The molecule has 0 spiro atoms. The van der Waals surface area contributed by atoms with Crippen LogP contribution < -0.4 is 0 Å². The smallest absolute Gasteiger partial charge is 0.232 e. The largest absolute Gasteiger partial charge is 0.300 e. The van der Waals surface area contributed by atoms with Crippen LogP contribution in [0.3, 0.4) is 0 Å². The lowest BCUT2D eigenvalue weighted by Crippen LogP contribution is -2.35. The van der Waals surface area contributed by atoms with Gasteiger partial charge in [-0.25, -0.2) is 8.42 Å². The van der Waals surface area contributed by atoms with E-state index in [9.17, 15) is 8.42 Å². The minimum atomic E-state index is -3.31. The standard InChI is InChI=1S/C12H22ClNO2S/c13-17(15,16)10-4-9-14-8-3-7-12(14)11-5-1-2-6-11/h11-12H,1-10H2. The van der Waals surface area contributed by atoms with Gasteiger partial charge in [0.1, 0.15) is 0 Å². The molecular formula is C12H22ClNO2S. The molecule has 0 amide bonds. The lowest BCUT2D eigenvalue weighted by molar-refractivity contribution is 0.191. The van der Waals surface area contributed by atoms with E-state index in [1.807, 2.05) is 0 Å². The highest BCUT2D eigenvalue weighted by atomic mass is 35.7. The molecule has 1 saturated heterocycles. The Morgan fingerprint density at radius 1 is 1.12 bits per heavy atom. The quantitative estimate of drug-likeness (QED) is 0.726. The number of halogens is 1. The van der Waals surface area contributed by atoms with E-state index in [1.165, 1.54) is 38.5 Å². The molecule has 100 valence electrons. The molecule has 0 aromatic rings. The van der Waals surface area contributed by atoms with Gasteiger partial charge in [0.25, 0.3) is 0 Å². The molecule has 1 unspecified atom stereocenters. The Balaban J connectivity index is 1.78. The van der Waals surface area contributed by atoms with E-state index in [4.69, 9.17) is 10.7 Å². The van der Waals surface area contributed by atoms with Crippen molar-refractivity contribution in [2.24, 2.45) is 5.92 Å². The van der Waals surface area contributed by atoms with Gasteiger partial charge in [0.2, 0.25) is 9.05 Å². The van der Waals surface area contributed by atoms with Crippen molar-refractivity contribution in [2.45, 2.75) is 51.0 Å². The molecule has 1 heterocycles. The van der Waals surface area contributed by atoms with E-state index in [0.717, 1.165) is 25.0 Å². The maximum absolute atomic E-state index is 10.9. The van der Waals surface area contributed by atoms with E-state index < -0.39 is 9.05 Å². The monoisotopic (exact) mass is 279 g/mol. The lowest BCUT2D eigenvalue weighted by atomic mass is 9.96. The molecule has 2 rings (SSSR count). The number of hydrogen-bond donors (Lipinski definition) is 0. The molecule has 1 aliphatic carbocycles. The van der Waals surface area contributed by atoms with Crippen LogP contribution in [0.5, 0.6) is 0 Å². The Hall–Kier alpha value is 0.200. The van der Waals surface area contributed by atoms with E-state index in [1.54, 1.807) is 0 Å². The van der Waals surface area contributed by atoms with Crippen molar-refractivity contribution in [2.75, 3.05) is 18.8 Å². The zero-order valence-corrected chi connectivity index (χ0v) is 11.8. The van der Waals surface area contributed by atoms with Crippen molar-refractivity contribution in [3.8, 4) is 0 Å².